The Kier molecular flexibility index (Phi) is 4.36. The van der Waals surface area contributed by atoms with Gasteiger partial charge in [0.2, 0.25) is 0 Å². The third-order valence-corrected chi connectivity index (χ3v) is 3.08. The van der Waals surface area contributed by atoms with E-state index in [0.29, 0.717) is 5.92 Å². The van der Waals surface area contributed by atoms with Crippen LogP contribution in [0.4, 0.5) is 0 Å². The van der Waals surface area contributed by atoms with Gasteiger partial charge in [-0.2, -0.15) is 0 Å². The van der Waals surface area contributed by atoms with Gasteiger partial charge in [-0.05, 0) is 45.4 Å². The fourth-order valence-electron chi connectivity index (χ4n) is 2.13. The number of aromatic nitrogens is 1. The summed E-state index contributed by atoms with van der Waals surface area (Å²) < 4.78 is 5.73. The van der Waals surface area contributed by atoms with Gasteiger partial charge in [0.1, 0.15) is 5.76 Å². The first-order valence-corrected chi connectivity index (χ1v) is 6.17. The van der Waals surface area contributed by atoms with Crippen LogP contribution in [0.15, 0.2) is 10.6 Å². The summed E-state index contributed by atoms with van der Waals surface area (Å²) in [5.74, 6) is 2.65. The summed E-state index contributed by atoms with van der Waals surface area (Å²) in [7, 11) is 1.97. The zero-order valence-corrected chi connectivity index (χ0v) is 9.96. The molecular formula is C12H21N3O. The van der Waals surface area contributed by atoms with E-state index in [1.807, 2.05) is 13.2 Å². The van der Waals surface area contributed by atoms with Gasteiger partial charge < -0.3 is 15.1 Å². The number of aryl methyl sites for hydroxylation is 1. The van der Waals surface area contributed by atoms with Crippen molar-refractivity contribution in [2.24, 2.45) is 5.92 Å². The molecule has 0 radical (unpaired) electrons. The molecule has 1 aliphatic rings. The lowest BCUT2D eigenvalue weighted by Crippen LogP contribution is -2.10. The van der Waals surface area contributed by atoms with E-state index in [4.69, 9.17) is 4.42 Å². The lowest BCUT2D eigenvalue weighted by atomic mass is 10.1. The van der Waals surface area contributed by atoms with Gasteiger partial charge in [-0.3, -0.25) is 0 Å². The Morgan fingerprint density at radius 3 is 3.31 bits per heavy atom. The lowest BCUT2D eigenvalue weighted by Gasteiger charge is -2.03. The molecule has 0 amide bonds. The number of hydrogen-bond donors (Lipinski definition) is 2. The van der Waals surface area contributed by atoms with E-state index < -0.39 is 0 Å². The molecule has 0 spiro atoms. The normalized spacial score (nSPS) is 20.4. The second kappa shape index (κ2) is 6.01. The molecule has 1 fully saturated rings. The van der Waals surface area contributed by atoms with Crippen LogP contribution in [-0.4, -0.2) is 31.7 Å². The molecule has 1 aromatic rings. The topological polar surface area (TPSA) is 50.1 Å². The van der Waals surface area contributed by atoms with Gasteiger partial charge in [-0.25, -0.2) is 4.98 Å². The molecule has 1 saturated heterocycles. The lowest BCUT2D eigenvalue weighted by molar-refractivity contribution is 0.414. The van der Waals surface area contributed by atoms with Crippen LogP contribution in [-0.2, 0) is 12.8 Å². The molecule has 1 atom stereocenters. The summed E-state index contributed by atoms with van der Waals surface area (Å²) in [5.41, 5.74) is 0. The first-order valence-electron chi connectivity index (χ1n) is 6.17. The summed E-state index contributed by atoms with van der Waals surface area (Å²) in [6.45, 7) is 3.28. The van der Waals surface area contributed by atoms with Crippen LogP contribution in [0.2, 0.25) is 0 Å². The van der Waals surface area contributed by atoms with Crippen molar-refractivity contribution in [3.63, 3.8) is 0 Å². The van der Waals surface area contributed by atoms with E-state index in [9.17, 15) is 0 Å². The Balaban J connectivity index is 1.77. The zero-order chi connectivity index (χ0) is 11.2. The van der Waals surface area contributed by atoms with Crippen molar-refractivity contribution in [2.45, 2.75) is 25.7 Å². The van der Waals surface area contributed by atoms with Gasteiger partial charge in [0.25, 0.3) is 0 Å². The molecule has 16 heavy (non-hydrogen) atoms. The van der Waals surface area contributed by atoms with Crippen molar-refractivity contribution in [2.75, 3.05) is 26.7 Å². The number of rotatable bonds is 6. The maximum atomic E-state index is 5.73. The van der Waals surface area contributed by atoms with E-state index in [1.54, 1.807) is 0 Å². The monoisotopic (exact) mass is 223 g/mol. The Labute approximate surface area is 96.8 Å². The number of nitrogens with zero attached hydrogens (tertiary/aromatic N) is 1. The fraction of sp³-hybridized carbons (Fsp3) is 0.750. The Morgan fingerprint density at radius 1 is 1.62 bits per heavy atom. The maximum absolute atomic E-state index is 5.73. The van der Waals surface area contributed by atoms with E-state index in [0.717, 1.165) is 50.5 Å². The Bertz CT molecular complexity index is 305. The van der Waals surface area contributed by atoms with Crippen molar-refractivity contribution >= 4 is 0 Å². The summed E-state index contributed by atoms with van der Waals surface area (Å²) in [4.78, 5) is 4.34. The molecule has 2 rings (SSSR count). The molecule has 0 aromatic carbocycles. The molecule has 0 bridgehead atoms. The van der Waals surface area contributed by atoms with Gasteiger partial charge in [0.05, 0.1) is 6.20 Å². The zero-order valence-electron chi connectivity index (χ0n) is 9.96. The van der Waals surface area contributed by atoms with E-state index in [1.165, 1.54) is 6.42 Å². The molecule has 1 unspecified atom stereocenters. The minimum absolute atomic E-state index is 0.712. The van der Waals surface area contributed by atoms with E-state index >= 15 is 0 Å². The van der Waals surface area contributed by atoms with Gasteiger partial charge >= 0.3 is 0 Å². The van der Waals surface area contributed by atoms with Crippen LogP contribution in [0.25, 0.3) is 0 Å². The predicted octanol–water partition coefficient (Wildman–Crippen LogP) is 0.979. The second-order valence-electron chi connectivity index (χ2n) is 4.49. The van der Waals surface area contributed by atoms with Gasteiger partial charge in [-0.15, -0.1) is 0 Å². The average Bonchev–Trinajstić information content (AvgIpc) is 2.91. The molecule has 4 heteroatoms. The minimum atomic E-state index is 0.712. The van der Waals surface area contributed by atoms with Crippen LogP contribution in [0.5, 0.6) is 0 Å². The summed E-state index contributed by atoms with van der Waals surface area (Å²) in [5, 5.41) is 6.50. The maximum Gasteiger partial charge on any atom is 0.194 e. The van der Waals surface area contributed by atoms with E-state index in [2.05, 4.69) is 15.6 Å². The SMILES string of the molecule is CNCCCc1cnc(CC2CCNC2)o1. The van der Waals surface area contributed by atoms with Crippen LogP contribution in [0.1, 0.15) is 24.5 Å². The predicted molar refractivity (Wildman–Crippen MR) is 63.4 cm³/mol. The molecule has 0 saturated carbocycles. The first-order chi connectivity index (χ1) is 7.88. The largest absolute Gasteiger partial charge is 0.446 e. The van der Waals surface area contributed by atoms with Crippen LogP contribution in [0, 0.1) is 5.92 Å². The summed E-state index contributed by atoms with van der Waals surface area (Å²) >= 11 is 0. The molecule has 2 N–H and O–H groups in total. The molecule has 90 valence electrons. The number of nitrogens with one attached hydrogen (secondary N) is 2. The molecule has 2 heterocycles. The van der Waals surface area contributed by atoms with Crippen LogP contribution >= 0.6 is 0 Å². The molecule has 4 nitrogen and oxygen atoms in total. The second-order valence-corrected chi connectivity index (χ2v) is 4.49. The average molecular weight is 223 g/mol. The quantitative estimate of drug-likeness (QED) is 0.706. The molecule has 1 aromatic heterocycles. The Hall–Kier alpha value is -0.870. The molecule has 1 aliphatic heterocycles. The van der Waals surface area contributed by atoms with Crippen molar-refractivity contribution in [3.05, 3.63) is 17.8 Å². The third-order valence-electron chi connectivity index (χ3n) is 3.08. The minimum Gasteiger partial charge on any atom is -0.446 e. The summed E-state index contributed by atoms with van der Waals surface area (Å²) in [6, 6.07) is 0. The van der Waals surface area contributed by atoms with Crippen LogP contribution in [0.3, 0.4) is 0 Å². The van der Waals surface area contributed by atoms with Crippen molar-refractivity contribution < 1.29 is 4.42 Å². The fourth-order valence-corrected chi connectivity index (χ4v) is 2.13. The van der Waals surface area contributed by atoms with Crippen molar-refractivity contribution in [1.82, 2.24) is 15.6 Å². The Morgan fingerprint density at radius 2 is 2.56 bits per heavy atom. The molecular weight excluding hydrogens is 202 g/mol. The van der Waals surface area contributed by atoms with E-state index in [-0.39, 0.29) is 0 Å². The van der Waals surface area contributed by atoms with Gasteiger partial charge in [-0.1, -0.05) is 0 Å². The summed E-state index contributed by atoms with van der Waals surface area (Å²) in [6.07, 6.45) is 6.21. The highest BCUT2D eigenvalue weighted by atomic mass is 16.4. The number of oxazole rings is 1. The standard InChI is InChI=1S/C12H21N3O/c1-13-5-2-3-11-9-15-12(16-11)7-10-4-6-14-8-10/h9-10,13-14H,2-8H2,1H3. The van der Waals surface area contributed by atoms with Crippen molar-refractivity contribution in [3.8, 4) is 0 Å². The van der Waals surface area contributed by atoms with Crippen LogP contribution < -0.4 is 10.6 Å². The van der Waals surface area contributed by atoms with Gasteiger partial charge in [0.15, 0.2) is 5.89 Å². The highest BCUT2D eigenvalue weighted by Crippen LogP contribution is 2.15. The smallest absolute Gasteiger partial charge is 0.194 e. The van der Waals surface area contributed by atoms with Crippen molar-refractivity contribution in [1.29, 1.82) is 0 Å². The number of hydrogen-bond acceptors (Lipinski definition) is 4. The first kappa shape index (κ1) is 11.6. The molecule has 0 aliphatic carbocycles. The highest BCUT2D eigenvalue weighted by molar-refractivity contribution is 4.96. The highest BCUT2D eigenvalue weighted by Gasteiger charge is 2.17. The van der Waals surface area contributed by atoms with Gasteiger partial charge in [0, 0.05) is 12.8 Å². The third kappa shape index (κ3) is 3.32.